The van der Waals surface area contributed by atoms with Gasteiger partial charge in [-0.1, -0.05) is 6.92 Å². The Bertz CT molecular complexity index is 381. The van der Waals surface area contributed by atoms with Crippen molar-refractivity contribution in [2.75, 3.05) is 7.11 Å². The van der Waals surface area contributed by atoms with Crippen molar-refractivity contribution in [1.82, 2.24) is 4.98 Å². The van der Waals surface area contributed by atoms with Crippen LogP contribution in [0.1, 0.15) is 50.2 Å². The van der Waals surface area contributed by atoms with Gasteiger partial charge in [0.25, 0.3) is 0 Å². The Hall–Kier alpha value is -0.450. The summed E-state index contributed by atoms with van der Waals surface area (Å²) in [6.45, 7) is 4.22. The van der Waals surface area contributed by atoms with E-state index in [0.29, 0.717) is 0 Å². The Morgan fingerprint density at radius 3 is 2.76 bits per heavy atom. The van der Waals surface area contributed by atoms with Crippen molar-refractivity contribution in [2.24, 2.45) is 5.73 Å². The Labute approximate surface area is 107 Å². The zero-order valence-electron chi connectivity index (χ0n) is 11.0. The van der Waals surface area contributed by atoms with Gasteiger partial charge < -0.3 is 10.5 Å². The first-order chi connectivity index (χ1) is 8.01. The molecule has 1 atom stereocenters. The Balaban J connectivity index is 2.10. The topological polar surface area (TPSA) is 48.1 Å². The van der Waals surface area contributed by atoms with Gasteiger partial charge in [0.05, 0.1) is 5.69 Å². The van der Waals surface area contributed by atoms with E-state index in [-0.39, 0.29) is 11.1 Å². The largest absolute Gasteiger partial charge is 0.371 e. The lowest BCUT2D eigenvalue weighted by molar-refractivity contribution is -0.00172. The van der Waals surface area contributed by atoms with E-state index in [9.17, 15) is 0 Å². The van der Waals surface area contributed by atoms with E-state index in [1.165, 1.54) is 6.42 Å². The molecule has 1 aromatic rings. The Morgan fingerprint density at radius 1 is 1.59 bits per heavy atom. The minimum absolute atomic E-state index is 0.0149. The highest BCUT2D eigenvalue weighted by Crippen LogP contribution is 2.35. The van der Waals surface area contributed by atoms with Gasteiger partial charge >= 0.3 is 0 Å². The van der Waals surface area contributed by atoms with Crippen molar-refractivity contribution in [3.8, 4) is 0 Å². The quantitative estimate of drug-likeness (QED) is 0.879. The molecule has 0 bridgehead atoms. The van der Waals surface area contributed by atoms with Crippen molar-refractivity contribution in [1.29, 1.82) is 0 Å². The van der Waals surface area contributed by atoms with E-state index in [2.05, 4.69) is 19.2 Å². The molecule has 2 rings (SSSR count). The predicted molar refractivity (Wildman–Crippen MR) is 71.2 cm³/mol. The van der Waals surface area contributed by atoms with Crippen molar-refractivity contribution in [3.05, 3.63) is 16.1 Å². The van der Waals surface area contributed by atoms with Crippen LogP contribution in [0, 0.1) is 0 Å². The van der Waals surface area contributed by atoms with Gasteiger partial charge in [0.1, 0.15) is 10.6 Å². The van der Waals surface area contributed by atoms with Gasteiger partial charge in [-0.3, -0.25) is 0 Å². The molecule has 4 heteroatoms. The van der Waals surface area contributed by atoms with Crippen molar-refractivity contribution >= 4 is 11.3 Å². The molecule has 0 aromatic carbocycles. The second-order valence-electron chi connectivity index (χ2n) is 5.33. The van der Waals surface area contributed by atoms with E-state index < -0.39 is 0 Å². The van der Waals surface area contributed by atoms with Crippen molar-refractivity contribution in [2.45, 2.75) is 57.1 Å². The minimum Gasteiger partial charge on any atom is -0.371 e. The molecule has 0 spiro atoms. The van der Waals surface area contributed by atoms with Crippen LogP contribution in [0.2, 0.25) is 0 Å². The van der Waals surface area contributed by atoms with Crippen molar-refractivity contribution < 1.29 is 4.74 Å². The van der Waals surface area contributed by atoms with Crippen LogP contribution in [0.15, 0.2) is 5.38 Å². The molecule has 1 aliphatic carbocycles. The van der Waals surface area contributed by atoms with E-state index in [1.54, 1.807) is 18.4 Å². The molecule has 0 amide bonds. The average molecular weight is 254 g/mol. The fraction of sp³-hybridized carbons (Fsp3) is 0.769. The monoisotopic (exact) mass is 254 g/mol. The lowest BCUT2D eigenvalue weighted by Gasteiger charge is -2.37. The summed E-state index contributed by atoms with van der Waals surface area (Å²) in [5.74, 6) is 0. The second kappa shape index (κ2) is 4.67. The molecule has 1 saturated carbocycles. The summed E-state index contributed by atoms with van der Waals surface area (Å²) < 4.78 is 5.57. The highest BCUT2D eigenvalue weighted by atomic mass is 32.1. The molecule has 0 saturated heterocycles. The van der Waals surface area contributed by atoms with Crippen LogP contribution >= 0.6 is 11.3 Å². The van der Waals surface area contributed by atoms with E-state index >= 15 is 0 Å². The van der Waals surface area contributed by atoms with Crippen LogP contribution in [0.5, 0.6) is 0 Å². The summed E-state index contributed by atoms with van der Waals surface area (Å²) in [6.07, 6.45) is 5.37. The van der Waals surface area contributed by atoms with E-state index in [1.807, 2.05) is 0 Å². The molecule has 17 heavy (non-hydrogen) atoms. The summed E-state index contributed by atoms with van der Waals surface area (Å²) in [5.41, 5.74) is 7.15. The molecule has 0 aliphatic heterocycles. The predicted octanol–water partition coefficient (Wildman–Crippen LogP) is 2.84. The first-order valence-corrected chi connectivity index (χ1v) is 7.18. The number of rotatable bonds is 5. The molecule has 0 radical (unpaired) electrons. The lowest BCUT2D eigenvalue weighted by Crippen LogP contribution is -2.48. The van der Waals surface area contributed by atoms with Crippen LogP contribution in [-0.4, -0.2) is 17.6 Å². The zero-order valence-corrected chi connectivity index (χ0v) is 11.8. The fourth-order valence-electron chi connectivity index (χ4n) is 2.18. The smallest absolute Gasteiger partial charge is 0.125 e. The summed E-state index contributed by atoms with van der Waals surface area (Å²) in [5, 5.41) is 3.20. The van der Waals surface area contributed by atoms with Crippen LogP contribution in [-0.2, 0) is 16.8 Å². The molecule has 1 unspecified atom stereocenters. The van der Waals surface area contributed by atoms with Crippen LogP contribution in [0.4, 0.5) is 0 Å². The van der Waals surface area contributed by atoms with Gasteiger partial charge in [-0.2, -0.15) is 0 Å². The number of thiazole rings is 1. The van der Waals surface area contributed by atoms with Gasteiger partial charge in [-0.05, 0) is 32.6 Å². The third-order valence-electron chi connectivity index (χ3n) is 4.01. The summed E-state index contributed by atoms with van der Waals surface area (Å²) in [4.78, 5) is 4.70. The Morgan fingerprint density at radius 2 is 2.29 bits per heavy atom. The zero-order chi connectivity index (χ0) is 12.5. The van der Waals surface area contributed by atoms with E-state index in [0.717, 1.165) is 36.4 Å². The summed E-state index contributed by atoms with van der Waals surface area (Å²) in [7, 11) is 1.75. The SMILES string of the molecule is CCC(C)(OC)c1nc(CC2(N)CCC2)cs1. The van der Waals surface area contributed by atoms with Crippen LogP contribution in [0.25, 0.3) is 0 Å². The normalized spacial score (nSPS) is 21.9. The molecule has 1 aromatic heterocycles. The highest BCUT2D eigenvalue weighted by Gasteiger charge is 2.34. The number of nitrogens with zero attached hydrogens (tertiary/aromatic N) is 1. The lowest BCUT2D eigenvalue weighted by atomic mass is 9.75. The second-order valence-corrected chi connectivity index (χ2v) is 6.18. The third-order valence-corrected chi connectivity index (χ3v) is 5.15. The first-order valence-electron chi connectivity index (χ1n) is 6.30. The average Bonchev–Trinajstić information content (AvgIpc) is 2.75. The third kappa shape index (κ3) is 2.54. The van der Waals surface area contributed by atoms with Gasteiger partial charge in [-0.25, -0.2) is 4.98 Å². The van der Waals surface area contributed by atoms with Gasteiger partial charge in [0.2, 0.25) is 0 Å². The van der Waals surface area contributed by atoms with Gasteiger partial charge in [0, 0.05) is 24.4 Å². The molecule has 1 heterocycles. The molecule has 2 N–H and O–H groups in total. The molecular formula is C13H22N2OS. The highest BCUT2D eigenvalue weighted by molar-refractivity contribution is 7.09. The minimum atomic E-state index is -0.246. The molecule has 1 aliphatic rings. The maximum Gasteiger partial charge on any atom is 0.125 e. The van der Waals surface area contributed by atoms with E-state index in [4.69, 9.17) is 15.5 Å². The number of ether oxygens (including phenoxy) is 1. The number of methoxy groups -OCH3 is 1. The molecule has 1 fully saturated rings. The molecular weight excluding hydrogens is 232 g/mol. The van der Waals surface area contributed by atoms with Crippen LogP contribution in [0.3, 0.4) is 0 Å². The number of hydrogen-bond acceptors (Lipinski definition) is 4. The number of nitrogens with two attached hydrogens (primary N) is 1. The van der Waals surface area contributed by atoms with Crippen LogP contribution < -0.4 is 5.73 Å². The number of hydrogen-bond donors (Lipinski definition) is 1. The summed E-state index contributed by atoms with van der Waals surface area (Å²) in [6, 6.07) is 0. The maximum atomic E-state index is 6.25. The molecule has 3 nitrogen and oxygen atoms in total. The number of aromatic nitrogens is 1. The maximum absolute atomic E-state index is 6.25. The van der Waals surface area contributed by atoms with Gasteiger partial charge in [0.15, 0.2) is 0 Å². The summed E-state index contributed by atoms with van der Waals surface area (Å²) >= 11 is 1.69. The standard InChI is InChI=1S/C13H22N2OS/c1-4-12(2,16-3)11-15-10(9-17-11)8-13(14)6-5-7-13/h9H,4-8,14H2,1-3H3. The Kier molecular flexibility index (Phi) is 3.57. The first kappa shape index (κ1) is 13.0. The van der Waals surface area contributed by atoms with Gasteiger partial charge in [-0.15, -0.1) is 11.3 Å². The molecule has 96 valence electrons. The fourth-order valence-corrected chi connectivity index (χ4v) is 3.21. The van der Waals surface area contributed by atoms with Crippen molar-refractivity contribution in [3.63, 3.8) is 0 Å².